The Balaban J connectivity index is 2.25. The maximum absolute atomic E-state index is 12.4. The highest BCUT2D eigenvalue weighted by molar-refractivity contribution is 6.81. The van der Waals surface area contributed by atoms with Crippen molar-refractivity contribution in [2.24, 2.45) is 17.3 Å². The van der Waals surface area contributed by atoms with E-state index in [9.17, 15) is 4.79 Å². The molecule has 2 aliphatic carbocycles. The smallest absolute Gasteiger partial charge is 0.181 e. The zero-order valence-electron chi connectivity index (χ0n) is 13.1. The van der Waals surface area contributed by atoms with Crippen LogP contribution in [0.25, 0.3) is 0 Å². The van der Waals surface area contributed by atoms with Gasteiger partial charge in [0.2, 0.25) is 0 Å². The summed E-state index contributed by atoms with van der Waals surface area (Å²) in [5.41, 5.74) is 4.77. The molecule has 0 aromatic carbocycles. The highest BCUT2D eigenvalue weighted by atomic mass is 28.3. The van der Waals surface area contributed by atoms with Crippen molar-refractivity contribution >= 4 is 13.9 Å². The summed E-state index contributed by atoms with van der Waals surface area (Å²) in [6.07, 6.45) is 7.57. The monoisotopic (exact) mass is 274 g/mol. The maximum Gasteiger partial charge on any atom is 0.181 e. The van der Waals surface area contributed by atoms with Crippen LogP contribution in [0.15, 0.2) is 35.1 Å². The first-order valence-electron chi connectivity index (χ1n) is 7.25. The second-order valence-corrected chi connectivity index (χ2v) is 12.9. The first-order chi connectivity index (χ1) is 8.60. The average molecular weight is 274 g/mol. The molecule has 0 aliphatic heterocycles. The second-order valence-electron chi connectivity index (χ2n) is 7.79. The van der Waals surface area contributed by atoms with Crippen LogP contribution in [0.3, 0.4) is 0 Å². The first-order valence-corrected chi connectivity index (χ1v) is 10.8. The number of carbonyl (C=O) groups excluding carboxylic acids is 1. The van der Waals surface area contributed by atoms with Crippen LogP contribution in [0, 0.1) is 17.3 Å². The second kappa shape index (κ2) is 4.59. The van der Waals surface area contributed by atoms with Gasteiger partial charge in [0.1, 0.15) is 0 Å². The summed E-state index contributed by atoms with van der Waals surface area (Å²) in [4.78, 5) is 12.4. The Morgan fingerprint density at radius 1 is 1.37 bits per heavy atom. The normalized spacial score (nSPS) is 29.4. The van der Waals surface area contributed by atoms with Gasteiger partial charge in [-0.05, 0) is 30.8 Å². The standard InChI is InChI=1S/C17H26OSi/c1-12-11-17(2,3)13-9-14(12)15(10-13)16(18)7-8-19(4,5)6/h7-8,10-11,13-14H,9H2,1-6H3/b8-7+/t13-,14-/m0/s1. The third kappa shape index (κ3) is 2.99. The number of hydrogen-bond donors (Lipinski definition) is 0. The highest BCUT2D eigenvalue weighted by Gasteiger charge is 2.41. The lowest BCUT2D eigenvalue weighted by atomic mass is 9.71. The van der Waals surface area contributed by atoms with Crippen molar-refractivity contribution in [2.75, 3.05) is 0 Å². The summed E-state index contributed by atoms with van der Waals surface area (Å²) < 4.78 is 0. The summed E-state index contributed by atoms with van der Waals surface area (Å²) in [6, 6.07) is 0. The Bertz CT molecular complexity index is 486. The molecule has 0 unspecified atom stereocenters. The SMILES string of the molecule is CC1=CC(C)(C)[C@@H]2C=C(C(=O)/C=C/[Si](C)(C)C)[C@H]1C2. The van der Waals surface area contributed by atoms with E-state index in [0.29, 0.717) is 11.8 Å². The molecule has 0 aromatic heterocycles. The zero-order valence-corrected chi connectivity index (χ0v) is 14.1. The van der Waals surface area contributed by atoms with Crippen LogP contribution < -0.4 is 0 Å². The number of rotatable bonds is 3. The fourth-order valence-corrected chi connectivity index (χ4v) is 3.85. The van der Waals surface area contributed by atoms with E-state index in [1.807, 2.05) is 6.08 Å². The molecule has 0 heterocycles. The molecule has 2 aliphatic rings. The Hall–Kier alpha value is -0.893. The lowest BCUT2D eigenvalue weighted by Crippen LogP contribution is -2.24. The Labute approximate surface area is 118 Å². The summed E-state index contributed by atoms with van der Waals surface area (Å²) >= 11 is 0. The zero-order chi connectivity index (χ0) is 14.4. The minimum atomic E-state index is -1.29. The molecule has 0 spiro atoms. The van der Waals surface area contributed by atoms with Crippen molar-refractivity contribution in [3.8, 4) is 0 Å². The molecule has 2 bridgehead atoms. The molecule has 0 fully saturated rings. The van der Waals surface area contributed by atoms with Gasteiger partial charge >= 0.3 is 0 Å². The molecule has 2 atom stereocenters. The van der Waals surface area contributed by atoms with E-state index in [1.54, 1.807) is 0 Å². The Morgan fingerprint density at radius 3 is 2.58 bits per heavy atom. The molecule has 0 amide bonds. The molecule has 2 heteroatoms. The van der Waals surface area contributed by atoms with E-state index >= 15 is 0 Å². The minimum absolute atomic E-state index is 0.200. The Kier molecular flexibility index (Phi) is 3.50. The van der Waals surface area contributed by atoms with E-state index in [1.165, 1.54) is 5.57 Å². The molecule has 104 valence electrons. The number of fused-ring (bicyclic) bond motifs is 2. The average Bonchev–Trinajstić information content (AvgIpc) is 2.65. The first kappa shape index (κ1) is 14.5. The van der Waals surface area contributed by atoms with E-state index in [0.717, 1.165) is 12.0 Å². The predicted molar refractivity (Wildman–Crippen MR) is 84.7 cm³/mol. The molecule has 1 nitrogen and oxygen atoms in total. The number of hydrogen-bond acceptors (Lipinski definition) is 1. The van der Waals surface area contributed by atoms with Crippen molar-refractivity contribution in [3.63, 3.8) is 0 Å². The maximum atomic E-state index is 12.4. The van der Waals surface area contributed by atoms with Crippen molar-refractivity contribution in [1.82, 2.24) is 0 Å². The van der Waals surface area contributed by atoms with Crippen LogP contribution in [0.5, 0.6) is 0 Å². The quantitative estimate of drug-likeness (QED) is 0.419. The Morgan fingerprint density at radius 2 is 2.00 bits per heavy atom. The largest absolute Gasteiger partial charge is 0.290 e. The molecular weight excluding hydrogens is 248 g/mol. The van der Waals surface area contributed by atoms with Gasteiger partial charge in [0, 0.05) is 11.5 Å². The van der Waals surface area contributed by atoms with Gasteiger partial charge in [-0.15, -0.1) is 0 Å². The molecule has 0 aromatic rings. The van der Waals surface area contributed by atoms with Gasteiger partial charge in [0.25, 0.3) is 0 Å². The van der Waals surface area contributed by atoms with Crippen molar-refractivity contribution < 1.29 is 4.79 Å². The van der Waals surface area contributed by atoms with Gasteiger partial charge in [0.15, 0.2) is 5.78 Å². The van der Waals surface area contributed by atoms with E-state index in [-0.39, 0.29) is 11.2 Å². The van der Waals surface area contributed by atoms with Crippen LogP contribution in [0.2, 0.25) is 19.6 Å². The topological polar surface area (TPSA) is 17.1 Å². The third-order valence-corrected chi connectivity index (χ3v) is 5.54. The molecule has 2 rings (SSSR count). The van der Waals surface area contributed by atoms with Crippen LogP contribution >= 0.6 is 0 Å². The van der Waals surface area contributed by atoms with Gasteiger partial charge < -0.3 is 0 Å². The summed E-state index contributed by atoms with van der Waals surface area (Å²) in [5.74, 6) is 1.14. The molecule has 0 N–H and O–H groups in total. The molecule has 0 radical (unpaired) electrons. The van der Waals surface area contributed by atoms with E-state index < -0.39 is 8.07 Å². The van der Waals surface area contributed by atoms with Crippen molar-refractivity contribution in [3.05, 3.63) is 35.1 Å². The predicted octanol–water partition coefficient (Wildman–Crippen LogP) is 4.54. The molecule has 19 heavy (non-hydrogen) atoms. The number of carbonyl (C=O) groups is 1. The van der Waals surface area contributed by atoms with Gasteiger partial charge in [0.05, 0.1) is 8.07 Å². The number of allylic oxidation sites excluding steroid dienone is 5. The van der Waals surface area contributed by atoms with Crippen molar-refractivity contribution in [2.45, 2.75) is 46.8 Å². The fourth-order valence-electron chi connectivity index (χ4n) is 3.20. The van der Waals surface area contributed by atoms with Gasteiger partial charge in [-0.2, -0.15) is 0 Å². The fraction of sp³-hybridized carbons (Fsp3) is 0.588. The minimum Gasteiger partial charge on any atom is -0.290 e. The molecule has 0 saturated carbocycles. The van der Waals surface area contributed by atoms with Crippen LogP contribution in [-0.4, -0.2) is 13.9 Å². The van der Waals surface area contributed by atoms with Crippen LogP contribution in [0.1, 0.15) is 27.2 Å². The van der Waals surface area contributed by atoms with Gasteiger partial charge in [-0.25, -0.2) is 0 Å². The third-order valence-electron chi connectivity index (χ3n) is 4.37. The van der Waals surface area contributed by atoms with Crippen LogP contribution in [-0.2, 0) is 4.79 Å². The van der Waals surface area contributed by atoms with E-state index in [2.05, 4.69) is 58.3 Å². The van der Waals surface area contributed by atoms with Gasteiger partial charge in [-0.1, -0.05) is 56.9 Å². The lowest BCUT2D eigenvalue weighted by molar-refractivity contribution is -0.111. The van der Waals surface area contributed by atoms with Crippen molar-refractivity contribution in [1.29, 1.82) is 0 Å². The number of ketones is 1. The summed E-state index contributed by atoms with van der Waals surface area (Å²) in [5, 5.41) is 0. The summed E-state index contributed by atoms with van der Waals surface area (Å²) in [7, 11) is -1.29. The molecule has 0 saturated heterocycles. The van der Waals surface area contributed by atoms with Gasteiger partial charge in [-0.3, -0.25) is 4.79 Å². The lowest BCUT2D eigenvalue weighted by Gasteiger charge is -2.33. The molecular formula is C17H26OSi. The van der Waals surface area contributed by atoms with Crippen LogP contribution in [0.4, 0.5) is 0 Å². The van der Waals surface area contributed by atoms with E-state index in [4.69, 9.17) is 0 Å². The summed E-state index contributed by atoms with van der Waals surface area (Å²) in [6.45, 7) is 13.5. The highest BCUT2D eigenvalue weighted by Crippen LogP contribution is 2.50.